The number of nitrogens with zero attached hydrogens (tertiary/aromatic N) is 1. The van der Waals surface area contributed by atoms with E-state index in [9.17, 15) is 4.79 Å². The molecule has 6 nitrogen and oxygen atoms in total. The average Bonchev–Trinajstić information content (AvgIpc) is 2.48. The van der Waals surface area contributed by atoms with Crippen molar-refractivity contribution in [3.63, 3.8) is 0 Å². The number of aromatic amines is 1. The van der Waals surface area contributed by atoms with E-state index < -0.39 is 0 Å². The Morgan fingerprint density at radius 2 is 2.40 bits per heavy atom. The maximum atomic E-state index is 11.6. The van der Waals surface area contributed by atoms with Gasteiger partial charge in [0.25, 0.3) is 5.91 Å². The molecule has 1 atom stereocenters. The number of amides is 1. The number of H-pyrrole nitrogens is 1. The van der Waals surface area contributed by atoms with Crippen molar-refractivity contribution in [2.24, 2.45) is 0 Å². The van der Waals surface area contributed by atoms with Crippen LogP contribution < -0.4 is 11.1 Å². The number of nitrogen functional groups attached to an aromatic ring is 1. The molecule has 0 fully saturated rings. The fourth-order valence-corrected chi connectivity index (χ4v) is 1.19. The van der Waals surface area contributed by atoms with Gasteiger partial charge in [0.2, 0.25) is 0 Å². The first-order valence-corrected chi connectivity index (χ1v) is 4.66. The van der Waals surface area contributed by atoms with Crippen molar-refractivity contribution in [2.75, 3.05) is 19.5 Å². The first kappa shape index (κ1) is 11.5. The Morgan fingerprint density at radius 3 is 2.87 bits per heavy atom. The highest BCUT2D eigenvalue weighted by atomic mass is 16.5. The second-order valence-electron chi connectivity index (χ2n) is 3.44. The van der Waals surface area contributed by atoms with E-state index in [2.05, 4.69) is 15.5 Å². The van der Waals surface area contributed by atoms with E-state index in [0.717, 1.165) is 0 Å². The molecule has 0 aliphatic carbocycles. The van der Waals surface area contributed by atoms with Crippen LogP contribution in [0.4, 0.5) is 5.69 Å². The van der Waals surface area contributed by atoms with Gasteiger partial charge in [0.15, 0.2) is 5.69 Å². The van der Waals surface area contributed by atoms with Gasteiger partial charge in [0, 0.05) is 13.2 Å². The van der Waals surface area contributed by atoms with Crippen molar-refractivity contribution in [3.8, 4) is 0 Å². The topological polar surface area (TPSA) is 93.0 Å². The molecule has 1 heterocycles. The summed E-state index contributed by atoms with van der Waals surface area (Å²) in [4.78, 5) is 11.6. The van der Waals surface area contributed by atoms with Gasteiger partial charge >= 0.3 is 0 Å². The summed E-state index contributed by atoms with van der Waals surface area (Å²) >= 11 is 0. The van der Waals surface area contributed by atoms with Gasteiger partial charge < -0.3 is 15.8 Å². The molecule has 6 heteroatoms. The lowest BCUT2D eigenvalue weighted by Crippen LogP contribution is -2.36. The Bertz CT molecular complexity index is 348. The standard InChI is InChI=1S/C9H16N4O2/c1-5(4-15-3)11-9(14)8-7(10)6(2)12-13-8/h5H,4,10H2,1-3H3,(H,11,14)(H,12,13). The third-order valence-electron chi connectivity index (χ3n) is 2.00. The van der Waals surface area contributed by atoms with Crippen LogP contribution in [-0.2, 0) is 4.74 Å². The molecule has 0 aromatic carbocycles. The number of aromatic nitrogens is 2. The highest BCUT2D eigenvalue weighted by Gasteiger charge is 2.16. The van der Waals surface area contributed by atoms with Crippen LogP contribution in [0.5, 0.6) is 0 Å². The summed E-state index contributed by atoms with van der Waals surface area (Å²) in [6, 6.07) is -0.0705. The number of methoxy groups -OCH3 is 1. The van der Waals surface area contributed by atoms with E-state index in [-0.39, 0.29) is 17.6 Å². The van der Waals surface area contributed by atoms with E-state index in [4.69, 9.17) is 10.5 Å². The third-order valence-corrected chi connectivity index (χ3v) is 2.00. The van der Waals surface area contributed by atoms with Gasteiger partial charge in [-0.15, -0.1) is 0 Å². The fraction of sp³-hybridized carbons (Fsp3) is 0.556. The number of rotatable bonds is 4. The Kier molecular flexibility index (Phi) is 3.68. The maximum absolute atomic E-state index is 11.6. The first-order valence-electron chi connectivity index (χ1n) is 4.66. The molecule has 0 radical (unpaired) electrons. The van der Waals surface area contributed by atoms with Gasteiger partial charge in [-0.1, -0.05) is 0 Å². The van der Waals surface area contributed by atoms with E-state index in [1.165, 1.54) is 0 Å². The van der Waals surface area contributed by atoms with Crippen LogP contribution in [0.2, 0.25) is 0 Å². The lowest BCUT2D eigenvalue weighted by Gasteiger charge is -2.11. The zero-order chi connectivity index (χ0) is 11.4. The maximum Gasteiger partial charge on any atom is 0.274 e. The van der Waals surface area contributed by atoms with Crippen LogP contribution in [0, 0.1) is 6.92 Å². The van der Waals surface area contributed by atoms with Crippen molar-refractivity contribution < 1.29 is 9.53 Å². The number of hydrogen-bond donors (Lipinski definition) is 3. The number of hydrogen-bond acceptors (Lipinski definition) is 4. The lowest BCUT2D eigenvalue weighted by molar-refractivity contribution is 0.0901. The molecule has 15 heavy (non-hydrogen) atoms. The van der Waals surface area contributed by atoms with Crippen LogP contribution in [0.15, 0.2) is 0 Å². The number of anilines is 1. The van der Waals surface area contributed by atoms with Crippen molar-refractivity contribution in [1.82, 2.24) is 15.5 Å². The number of ether oxygens (including phenoxy) is 1. The number of carbonyl (C=O) groups excluding carboxylic acids is 1. The van der Waals surface area contributed by atoms with E-state index in [1.807, 2.05) is 6.92 Å². The lowest BCUT2D eigenvalue weighted by atomic mass is 10.2. The average molecular weight is 212 g/mol. The monoisotopic (exact) mass is 212 g/mol. The fourth-order valence-electron chi connectivity index (χ4n) is 1.19. The molecule has 0 bridgehead atoms. The summed E-state index contributed by atoms with van der Waals surface area (Å²) in [5.74, 6) is -0.290. The molecule has 0 aliphatic rings. The summed E-state index contributed by atoms with van der Waals surface area (Å²) in [5.41, 5.74) is 6.98. The molecular weight excluding hydrogens is 196 g/mol. The largest absolute Gasteiger partial charge is 0.395 e. The number of nitrogens with one attached hydrogen (secondary N) is 2. The number of carbonyl (C=O) groups is 1. The molecule has 84 valence electrons. The van der Waals surface area contributed by atoms with Crippen LogP contribution in [0.1, 0.15) is 23.1 Å². The highest BCUT2D eigenvalue weighted by Crippen LogP contribution is 2.11. The van der Waals surface area contributed by atoms with Crippen molar-refractivity contribution in [1.29, 1.82) is 0 Å². The van der Waals surface area contributed by atoms with E-state index in [1.54, 1.807) is 14.0 Å². The van der Waals surface area contributed by atoms with Gasteiger partial charge in [-0.05, 0) is 13.8 Å². The van der Waals surface area contributed by atoms with Crippen LogP contribution >= 0.6 is 0 Å². The second-order valence-corrected chi connectivity index (χ2v) is 3.44. The second kappa shape index (κ2) is 4.79. The van der Waals surface area contributed by atoms with Gasteiger partial charge in [-0.3, -0.25) is 9.89 Å². The normalized spacial score (nSPS) is 12.5. The van der Waals surface area contributed by atoms with E-state index >= 15 is 0 Å². The van der Waals surface area contributed by atoms with Gasteiger partial charge in [-0.2, -0.15) is 5.10 Å². The molecule has 0 saturated carbocycles. The summed E-state index contributed by atoms with van der Waals surface area (Å²) in [7, 11) is 1.58. The van der Waals surface area contributed by atoms with Crippen LogP contribution in [0.3, 0.4) is 0 Å². The molecule has 0 aliphatic heterocycles. The summed E-state index contributed by atoms with van der Waals surface area (Å²) in [6.07, 6.45) is 0. The predicted octanol–water partition coefficient (Wildman–Crippen LogP) is 0.0650. The zero-order valence-corrected chi connectivity index (χ0v) is 9.13. The van der Waals surface area contributed by atoms with Crippen LogP contribution in [-0.4, -0.2) is 35.9 Å². The molecule has 1 aromatic heterocycles. The van der Waals surface area contributed by atoms with Gasteiger partial charge in [0.05, 0.1) is 18.0 Å². The SMILES string of the molecule is COCC(C)NC(=O)c1n[nH]c(C)c1N. The molecule has 0 spiro atoms. The Morgan fingerprint density at radius 1 is 1.73 bits per heavy atom. The minimum atomic E-state index is -0.290. The molecule has 1 unspecified atom stereocenters. The molecule has 1 amide bonds. The van der Waals surface area contributed by atoms with Crippen LogP contribution in [0.25, 0.3) is 0 Å². The summed E-state index contributed by atoms with van der Waals surface area (Å²) in [6.45, 7) is 4.06. The third kappa shape index (κ3) is 2.69. The Hall–Kier alpha value is -1.56. The Balaban J connectivity index is 2.65. The minimum absolute atomic E-state index is 0.0705. The molecule has 1 rings (SSSR count). The first-order chi connectivity index (χ1) is 7.06. The highest BCUT2D eigenvalue weighted by molar-refractivity contribution is 5.97. The number of nitrogens with two attached hydrogens (primary N) is 1. The smallest absolute Gasteiger partial charge is 0.274 e. The molecule has 1 aromatic rings. The summed E-state index contributed by atoms with van der Waals surface area (Å²) < 4.78 is 4.90. The van der Waals surface area contributed by atoms with E-state index in [0.29, 0.717) is 18.0 Å². The van der Waals surface area contributed by atoms with Gasteiger partial charge in [-0.25, -0.2) is 0 Å². The molecular formula is C9H16N4O2. The quantitative estimate of drug-likeness (QED) is 0.658. The Labute approximate surface area is 88.2 Å². The predicted molar refractivity (Wildman–Crippen MR) is 56.5 cm³/mol. The molecule has 4 N–H and O–H groups in total. The van der Waals surface area contributed by atoms with Gasteiger partial charge in [0.1, 0.15) is 0 Å². The number of aryl methyl sites for hydroxylation is 1. The van der Waals surface area contributed by atoms with Crippen molar-refractivity contribution >= 4 is 11.6 Å². The zero-order valence-electron chi connectivity index (χ0n) is 9.13. The van der Waals surface area contributed by atoms with Crippen molar-refractivity contribution in [2.45, 2.75) is 19.9 Å². The summed E-state index contributed by atoms with van der Waals surface area (Å²) in [5, 5.41) is 9.21. The molecule has 0 saturated heterocycles. The van der Waals surface area contributed by atoms with Crippen molar-refractivity contribution in [3.05, 3.63) is 11.4 Å². The minimum Gasteiger partial charge on any atom is -0.395 e.